The van der Waals surface area contributed by atoms with Gasteiger partial charge in [-0.2, -0.15) is 0 Å². The van der Waals surface area contributed by atoms with Gasteiger partial charge in [-0.15, -0.1) is 0 Å². The third-order valence-corrected chi connectivity index (χ3v) is 6.72. The molecule has 6 nitrogen and oxygen atoms in total. The molecule has 0 unspecified atom stereocenters. The highest BCUT2D eigenvalue weighted by atomic mass is 35.5. The van der Waals surface area contributed by atoms with E-state index < -0.39 is 0 Å². The minimum Gasteiger partial charge on any atom is -0.454 e. The topological polar surface area (TPSA) is 59.1 Å². The van der Waals surface area contributed by atoms with E-state index in [1.54, 1.807) is 18.2 Å². The number of amides is 2. The molecule has 3 aromatic rings. The van der Waals surface area contributed by atoms with Crippen LogP contribution in [0.1, 0.15) is 11.1 Å². The van der Waals surface area contributed by atoms with Crippen molar-refractivity contribution >= 4 is 52.0 Å². The molecule has 8 heteroatoms. The molecule has 5 rings (SSSR count). The van der Waals surface area contributed by atoms with Crippen molar-refractivity contribution in [1.29, 1.82) is 0 Å². The Hall–Kier alpha value is -3.42. The molecule has 33 heavy (non-hydrogen) atoms. The van der Waals surface area contributed by atoms with Crippen LogP contribution in [0.2, 0.25) is 5.02 Å². The van der Waals surface area contributed by atoms with Gasteiger partial charge in [-0.3, -0.25) is 14.5 Å². The Kier molecular flexibility index (Phi) is 5.74. The molecule has 0 aromatic heterocycles. The van der Waals surface area contributed by atoms with E-state index in [-0.39, 0.29) is 24.5 Å². The molecule has 1 fully saturated rings. The van der Waals surface area contributed by atoms with E-state index in [1.165, 1.54) is 4.90 Å². The molecule has 2 amide bonds. The number of ether oxygens (including phenoxy) is 2. The van der Waals surface area contributed by atoms with Crippen LogP contribution < -0.4 is 14.4 Å². The van der Waals surface area contributed by atoms with Gasteiger partial charge in [0.15, 0.2) is 11.5 Å². The van der Waals surface area contributed by atoms with Crippen molar-refractivity contribution in [2.45, 2.75) is 6.54 Å². The average Bonchev–Trinajstić information content (AvgIpc) is 3.39. The second-order valence-corrected chi connectivity index (χ2v) is 8.95. The van der Waals surface area contributed by atoms with Crippen molar-refractivity contribution in [3.63, 3.8) is 0 Å². The van der Waals surface area contributed by atoms with Gasteiger partial charge >= 0.3 is 0 Å². The first kappa shape index (κ1) is 21.4. The summed E-state index contributed by atoms with van der Waals surface area (Å²) in [6.45, 7) is 0.192. The van der Waals surface area contributed by atoms with E-state index in [1.807, 2.05) is 61.6 Å². The summed E-state index contributed by atoms with van der Waals surface area (Å²) in [5.41, 5.74) is 3.56. The summed E-state index contributed by atoms with van der Waals surface area (Å²) < 4.78 is 10.7. The standard InChI is InChI=1S/C25H19ClN2O4S/c1-27(18-5-3-2-4-6-18)19-9-7-16(8-10-19)11-23-24(29)28(25(30)33-23)14-17-12-21-22(13-20(17)26)32-15-31-21/h2-13H,14-15H2,1H3/b23-11-. The van der Waals surface area contributed by atoms with Crippen LogP contribution in [0.25, 0.3) is 6.08 Å². The maximum Gasteiger partial charge on any atom is 0.293 e. The van der Waals surface area contributed by atoms with Gasteiger partial charge in [-0.25, -0.2) is 0 Å². The minimum atomic E-state index is -0.343. The number of thioether (sulfide) groups is 1. The van der Waals surface area contributed by atoms with E-state index in [9.17, 15) is 9.59 Å². The van der Waals surface area contributed by atoms with E-state index in [4.69, 9.17) is 21.1 Å². The Labute approximate surface area is 200 Å². The number of hydrogen-bond donors (Lipinski definition) is 0. The molecule has 2 heterocycles. The van der Waals surface area contributed by atoms with Gasteiger partial charge in [0.1, 0.15) is 0 Å². The summed E-state index contributed by atoms with van der Waals surface area (Å²) in [5, 5.41) is 0.0841. The molecule has 3 aromatic carbocycles. The molecule has 0 bridgehead atoms. The molecular formula is C25H19ClN2O4S. The maximum absolute atomic E-state index is 12.9. The summed E-state index contributed by atoms with van der Waals surface area (Å²) in [7, 11) is 2.00. The lowest BCUT2D eigenvalue weighted by Crippen LogP contribution is -2.27. The van der Waals surface area contributed by atoms with Gasteiger partial charge < -0.3 is 14.4 Å². The van der Waals surface area contributed by atoms with Gasteiger partial charge in [-0.1, -0.05) is 41.9 Å². The van der Waals surface area contributed by atoms with Crippen LogP contribution >= 0.6 is 23.4 Å². The third-order valence-electron chi connectivity index (χ3n) is 5.47. The van der Waals surface area contributed by atoms with Gasteiger partial charge in [0.2, 0.25) is 6.79 Å². The van der Waals surface area contributed by atoms with Crippen molar-refractivity contribution in [1.82, 2.24) is 4.90 Å². The van der Waals surface area contributed by atoms with Crippen molar-refractivity contribution in [2.75, 3.05) is 18.7 Å². The zero-order chi connectivity index (χ0) is 22.9. The highest BCUT2D eigenvalue weighted by molar-refractivity contribution is 8.18. The van der Waals surface area contributed by atoms with Crippen LogP contribution in [0.3, 0.4) is 0 Å². The number of nitrogens with zero attached hydrogens (tertiary/aromatic N) is 2. The van der Waals surface area contributed by atoms with Gasteiger partial charge in [0.25, 0.3) is 11.1 Å². The maximum atomic E-state index is 12.9. The number of imide groups is 1. The second-order valence-electron chi connectivity index (χ2n) is 7.55. The SMILES string of the molecule is CN(c1ccccc1)c1ccc(/C=C2\SC(=O)N(Cc3cc4c(cc3Cl)OCO4)C2=O)cc1. The first-order chi connectivity index (χ1) is 16.0. The summed E-state index contributed by atoms with van der Waals surface area (Å²) in [4.78, 5) is 29.1. The highest BCUT2D eigenvalue weighted by Gasteiger charge is 2.35. The van der Waals surface area contributed by atoms with E-state index in [0.717, 1.165) is 28.7 Å². The Morgan fingerprint density at radius 1 is 1.00 bits per heavy atom. The molecule has 0 atom stereocenters. The number of anilines is 2. The average molecular weight is 479 g/mol. The summed E-state index contributed by atoms with van der Waals surface area (Å²) >= 11 is 7.25. The number of carbonyl (C=O) groups excluding carboxylic acids is 2. The molecule has 0 N–H and O–H groups in total. The quantitative estimate of drug-likeness (QED) is 0.414. The Morgan fingerprint density at radius 3 is 2.39 bits per heavy atom. The molecule has 0 saturated carbocycles. The van der Waals surface area contributed by atoms with Crippen molar-refractivity contribution in [3.05, 3.63) is 87.8 Å². The highest BCUT2D eigenvalue weighted by Crippen LogP contribution is 2.39. The molecule has 2 aliphatic rings. The fourth-order valence-electron chi connectivity index (χ4n) is 3.63. The lowest BCUT2D eigenvalue weighted by molar-refractivity contribution is -0.123. The largest absolute Gasteiger partial charge is 0.454 e. The fraction of sp³-hybridized carbons (Fsp3) is 0.120. The van der Waals surface area contributed by atoms with Gasteiger partial charge in [0.05, 0.1) is 11.4 Å². The fourth-order valence-corrected chi connectivity index (χ4v) is 4.68. The summed E-state index contributed by atoms with van der Waals surface area (Å²) in [6.07, 6.45) is 1.73. The lowest BCUT2D eigenvalue weighted by atomic mass is 10.1. The number of fused-ring (bicyclic) bond motifs is 1. The monoisotopic (exact) mass is 478 g/mol. The van der Waals surface area contributed by atoms with Crippen LogP contribution in [0, 0.1) is 0 Å². The zero-order valence-corrected chi connectivity index (χ0v) is 19.2. The lowest BCUT2D eigenvalue weighted by Gasteiger charge is -2.19. The second kappa shape index (κ2) is 8.84. The van der Waals surface area contributed by atoms with Crippen LogP contribution in [-0.4, -0.2) is 29.9 Å². The number of para-hydroxylation sites is 1. The first-order valence-electron chi connectivity index (χ1n) is 10.2. The Bertz CT molecular complexity index is 1260. The molecule has 0 spiro atoms. The minimum absolute atomic E-state index is 0.0677. The van der Waals surface area contributed by atoms with Gasteiger partial charge in [-0.05, 0) is 59.3 Å². The summed E-state index contributed by atoms with van der Waals surface area (Å²) in [6, 6.07) is 21.2. The Balaban J connectivity index is 1.32. The number of carbonyl (C=O) groups is 2. The zero-order valence-electron chi connectivity index (χ0n) is 17.7. The van der Waals surface area contributed by atoms with Gasteiger partial charge in [0, 0.05) is 29.5 Å². The first-order valence-corrected chi connectivity index (χ1v) is 11.4. The van der Waals surface area contributed by atoms with E-state index in [2.05, 4.69) is 4.90 Å². The normalized spacial score (nSPS) is 16.1. The van der Waals surface area contributed by atoms with Crippen molar-refractivity contribution in [3.8, 4) is 11.5 Å². The summed E-state index contributed by atoms with van der Waals surface area (Å²) in [5.74, 6) is 0.765. The molecule has 166 valence electrons. The molecular weight excluding hydrogens is 460 g/mol. The Morgan fingerprint density at radius 2 is 1.67 bits per heavy atom. The van der Waals surface area contributed by atoms with Crippen LogP contribution in [0.5, 0.6) is 11.5 Å². The predicted molar refractivity (Wildman–Crippen MR) is 130 cm³/mol. The number of benzene rings is 3. The molecule has 0 aliphatic carbocycles. The van der Waals surface area contributed by atoms with Crippen LogP contribution in [-0.2, 0) is 11.3 Å². The number of halogens is 1. The van der Waals surface area contributed by atoms with Crippen LogP contribution in [0.4, 0.5) is 16.2 Å². The number of hydrogen-bond acceptors (Lipinski definition) is 6. The predicted octanol–water partition coefficient (Wildman–Crippen LogP) is 6.07. The van der Waals surface area contributed by atoms with E-state index in [0.29, 0.717) is 27.0 Å². The number of rotatable bonds is 5. The van der Waals surface area contributed by atoms with Crippen molar-refractivity contribution < 1.29 is 19.1 Å². The molecule has 2 aliphatic heterocycles. The molecule has 0 radical (unpaired) electrons. The van der Waals surface area contributed by atoms with Crippen molar-refractivity contribution in [2.24, 2.45) is 0 Å². The van der Waals surface area contributed by atoms with E-state index >= 15 is 0 Å². The smallest absolute Gasteiger partial charge is 0.293 e. The van der Waals surface area contributed by atoms with Crippen LogP contribution in [0.15, 0.2) is 71.6 Å². The molecule has 1 saturated heterocycles. The third kappa shape index (κ3) is 4.29.